The van der Waals surface area contributed by atoms with E-state index in [1.54, 1.807) is 6.20 Å². The Morgan fingerprint density at radius 2 is 2.32 bits per heavy atom. The van der Waals surface area contributed by atoms with Gasteiger partial charge in [-0.2, -0.15) is 0 Å². The normalized spacial score (nSPS) is 18.9. The third kappa shape index (κ3) is 5.30. The molecule has 1 aromatic heterocycles. The second-order valence-electron chi connectivity index (χ2n) is 6.09. The lowest BCUT2D eigenvalue weighted by Gasteiger charge is -2.31. The van der Waals surface area contributed by atoms with E-state index in [-0.39, 0.29) is 6.03 Å². The monoisotopic (exact) mass is 304 g/mol. The number of pyridine rings is 1. The highest BCUT2D eigenvalue weighted by Gasteiger charge is 2.18. The Hall–Kier alpha value is -1.62. The van der Waals surface area contributed by atoms with Crippen LogP contribution in [0, 0.1) is 12.8 Å². The number of carbonyl (C=O) groups is 1. The van der Waals surface area contributed by atoms with E-state index in [1.807, 2.05) is 19.2 Å². The van der Waals surface area contributed by atoms with Gasteiger partial charge in [-0.05, 0) is 62.4 Å². The number of carbonyl (C=O) groups excluding carboxylic acids is 1. The Morgan fingerprint density at radius 3 is 3.09 bits per heavy atom. The third-order valence-electron chi connectivity index (χ3n) is 4.42. The summed E-state index contributed by atoms with van der Waals surface area (Å²) in [5, 5.41) is 5.95. The minimum Gasteiger partial charge on any atom is -0.338 e. The van der Waals surface area contributed by atoms with E-state index in [4.69, 9.17) is 0 Å². The molecule has 1 atom stereocenters. The molecule has 1 fully saturated rings. The average molecular weight is 304 g/mol. The zero-order chi connectivity index (χ0) is 15.8. The lowest BCUT2D eigenvalue weighted by Crippen LogP contribution is -2.43. The first kappa shape index (κ1) is 16.7. The van der Waals surface area contributed by atoms with E-state index < -0.39 is 0 Å². The van der Waals surface area contributed by atoms with Gasteiger partial charge in [-0.25, -0.2) is 4.79 Å². The molecular weight excluding hydrogens is 276 g/mol. The highest BCUT2D eigenvalue weighted by molar-refractivity contribution is 5.73. The van der Waals surface area contributed by atoms with Crippen LogP contribution in [-0.4, -0.2) is 48.6 Å². The maximum Gasteiger partial charge on any atom is 0.314 e. The fourth-order valence-electron chi connectivity index (χ4n) is 3.00. The number of hydrogen-bond acceptors (Lipinski definition) is 3. The second-order valence-corrected chi connectivity index (χ2v) is 6.09. The van der Waals surface area contributed by atoms with Gasteiger partial charge in [-0.15, -0.1) is 0 Å². The number of amides is 2. The van der Waals surface area contributed by atoms with Gasteiger partial charge in [-0.1, -0.05) is 6.92 Å². The minimum atomic E-state index is -0.0552. The van der Waals surface area contributed by atoms with E-state index in [9.17, 15) is 4.79 Å². The topological polar surface area (TPSA) is 57.3 Å². The Balaban J connectivity index is 1.63. The summed E-state index contributed by atoms with van der Waals surface area (Å²) in [7, 11) is 0. The van der Waals surface area contributed by atoms with Gasteiger partial charge in [-0.3, -0.25) is 4.98 Å². The van der Waals surface area contributed by atoms with Crippen LogP contribution in [0.25, 0.3) is 0 Å². The van der Waals surface area contributed by atoms with Gasteiger partial charge in [0.25, 0.3) is 0 Å². The molecule has 2 heterocycles. The third-order valence-corrected chi connectivity index (χ3v) is 4.42. The number of rotatable bonds is 6. The molecule has 0 spiro atoms. The van der Waals surface area contributed by atoms with Crippen molar-refractivity contribution in [2.24, 2.45) is 5.92 Å². The van der Waals surface area contributed by atoms with Crippen molar-refractivity contribution in [2.75, 3.05) is 32.7 Å². The maximum atomic E-state index is 11.9. The zero-order valence-electron chi connectivity index (χ0n) is 13.8. The molecule has 2 amide bonds. The molecule has 1 saturated heterocycles. The molecule has 5 nitrogen and oxygen atoms in total. The molecule has 0 aromatic carbocycles. The van der Waals surface area contributed by atoms with E-state index in [0.717, 1.165) is 26.1 Å². The summed E-state index contributed by atoms with van der Waals surface area (Å²) in [4.78, 5) is 18.4. The number of nitrogens with zero attached hydrogens (tertiary/aromatic N) is 2. The largest absolute Gasteiger partial charge is 0.338 e. The zero-order valence-corrected chi connectivity index (χ0v) is 13.8. The van der Waals surface area contributed by atoms with Gasteiger partial charge in [0.2, 0.25) is 0 Å². The van der Waals surface area contributed by atoms with Crippen LogP contribution in [0.2, 0.25) is 0 Å². The lowest BCUT2D eigenvalue weighted by atomic mass is 9.98. The van der Waals surface area contributed by atoms with Crippen molar-refractivity contribution in [1.82, 2.24) is 20.5 Å². The molecule has 5 heteroatoms. The molecule has 1 aromatic rings. The van der Waals surface area contributed by atoms with Crippen molar-refractivity contribution in [2.45, 2.75) is 33.1 Å². The molecule has 2 rings (SSSR count). The number of urea groups is 1. The van der Waals surface area contributed by atoms with E-state index >= 15 is 0 Å². The van der Waals surface area contributed by atoms with Crippen LogP contribution in [0.3, 0.4) is 0 Å². The summed E-state index contributed by atoms with van der Waals surface area (Å²) in [6.45, 7) is 9.08. The molecule has 0 aliphatic carbocycles. The first-order chi connectivity index (χ1) is 10.7. The standard InChI is InChI=1S/C17H28N4O/c1-3-21-10-4-5-15(13-21)12-20-17(22)19-9-7-16-6-8-18-11-14(16)2/h6,8,11,15H,3-5,7,9-10,12-13H2,1-2H3,(H2,19,20,22)/t15-/m0/s1. The minimum absolute atomic E-state index is 0.0552. The average Bonchev–Trinajstić information content (AvgIpc) is 2.55. The number of nitrogens with one attached hydrogen (secondary N) is 2. The number of likely N-dealkylation sites (tertiary alicyclic amines) is 1. The summed E-state index contributed by atoms with van der Waals surface area (Å²) in [5.41, 5.74) is 2.41. The summed E-state index contributed by atoms with van der Waals surface area (Å²) < 4.78 is 0. The Morgan fingerprint density at radius 1 is 1.45 bits per heavy atom. The number of aromatic nitrogens is 1. The highest BCUT2D eigenvalue weighted by atomic mass is 16.2. The Bertz CT molecular complexity index is 477. The van der Waals surface area contributed by atoms with Crippen LogP contribution < -0.4 is 10.6 Å². The molecule has 0 saturated carbocycles. The predicted molar refractivity (Wildman–Crippen MR) is 88.9 cm³/mol. The van der Waals surface area contributed by atoms with Crippen molar-refractivity contribution < 1.29 is 4.79 Å². The summed E-state index contributed by atoms with van der Waals surface area (Å²) in [6.07, 6.45) is 6.95. The van der Waals surface area contributed by atoms with Gasteiger partial charge in [0.1, 0.15) is 0 Å². The van der Waals surface area contributed by atoms with Crippen molar-refractivity contribution in [1.29, 1.82) is 0 Å². The fraction of sp³-hybridized carbons (Fsp3) is 0.647. The van der Waals surface area contributed by atoms with Gasteiger partial charge >= 0.3 is 6.03 Å². The van der Waals surface area contributed by atoms with Crippen LogP contribution in [0.4, 0.5) is 4.79 Å². The van der Waals surface area contributed by atoms with E-state index in [2.05, 4.69) is 27.4 Å². The fourth-order valence-corrected chi connectivity index (χ4v) is 3.00. The van der Waals surface area contributed by atoms with Gasteiger partial charge < -0.3 is 15.5 Å². The molecule has 1 aliphatic rings. The van der Waals surface area contributed by atoms with Crippen molar-refractivity contribution in [3.8, 4) is 0 Å². The SMILES string of the molecule is CCN1CCC[C@@H](CNC(=O)NCCc2ccncc2C)C1. The van der Waals surface area contributed by atoms with Crippen LogP contribution in [-0.2, 0) is 6.42 Å². The van der Waals surface area contributed by atoms with E-state index in [1.165, 1.54) is 30.5 Å². The molecule has 0 radical (unpaired) electrons. The summed E-state index contributed by atoms with van der Waals surface area (Å²) in [6, 6.07) is 1.95. The van der Waals surface area contributed by atoms with Crippen LogP contribution in [0.1, 0.15) is 30.9 Å². The van der Waals surface area contributed by atoms with Crippen LogP contribution >= 0.6 is 0 Å². The molecule has 2 N–H and O–H groups in total. The molecule has 22 heavy (non-hydrogen) atoms. The molecule has 122 valence electrons. The van der Waals surface area contributed by atoms with Gasteiger partial charge in [0.05, 0.1) is 0 Å². The molecule has 0 unspecified atom stereocenters. The van der Waals surface area contributed by atoms with Crippen LogP contribution in [0.5, 0.6) is 0 Å². The first-order valence-electron chi connectivity index (χ1n) is 8.32. The predicted octanol–water partition coefficient (Wildman–Crippen LogP) is 1.96. The Labute approximate surface area is 133 Å². The van der Waals surface area contributed by atoms with E-state index in [0.29, 0.717) is 12.5 Å². The first-order valence-corrected chi connectivity index (χ1v) is 8.32. The molecule has 1 aliphatic heterocycles. The Kier molecular flexibility index (Phi) is 6.65. The smallest absolute Gasteiger partial charge is 0.314 e. The van der Waals surface area contributed by atoms with Crippen LogP contribution in [0.15, 0.2) is 18.5 Å². The number of aryl methyl sites for hydroxylation is 1. The molecular formula is C17H28N4O. The second kappa shape index (κ2) is 8.73. The summed E-state index contributed by atoms with van der Waals surface area (Å²) in [5.74, 6) is 0.585. The van der Waals surface area contributed by atoms with Crippen molar-refractivity contribution in [3.05, 3.63) is 29.6 Å². The molecule has 0 bridgehead atoms. The summed E-state index contributed by atoms with van der Waals surface area (Å²) >= 11 is 0. The van der Waals surface area contributed by atoms with Crippen molar-refractivity contribution >= 4 is 6.03 Å². The number of piperidine rings is 1. The van der Waals surface area contributed by atoms with Gasteiger partial charge in [0, 0.05) is 32.0 Å². The number of hydrogen-bond donors (Lipinski definition) is 2. The maximum absolute atomic E-state index is 11.9. The van der Waals surface area contributed by atoms with Gasteiger partial charge in [0.15, 0.2) is 0 Å². The quantitative estimate of drug-likeness (QED) is 0.845. The van der Waals surface area contributed by atoms with Crippen molar-refractivity contribution in [3.63, 3.8) is 0 Å². The highest BCUT2D eigenvalue weighted by Crippen LogP contribution is 2.15. The lowest BCUT2D eigenvalue weighted by molar-refractivity contribution is 0.179.